The second-order valence-corrected chi connectivity index (χ2v) is 9.85. The number of carbonyl (C=O) groups excluding carboxylic acids is 2. The lowest BCUT2D eigenvalue weighted by atomic mass is 9.74. The summed E-state index contributed by atoms with van der Waals surface area (Å²) in [4.78, 5) is 49.5. The van der Waals surface area contributed by atoms with Gasteiger partial charge in [0.25, 0.3) is 0 Å². The lowest BCUT2D eigenvalue weighted by Gasteiger charge is -2.49. The molecular formula is C26H32O12. The molecule has 2 heterocycles. The zero-order valence-corrected chi connectivity index (χ0v) is 21.2. The van der Waals surface area contributed by atoms with Crippen LogP contribution in [0.1, 0.15) is 32.3 Å². The minimum Gasteiger partial charge on any atom is -0.479 e. The zero-order valence-electron chi connectivity index (χ0n) is 21.2. The van der Waals surface area contributed by atoms with Crippen LogP contribution in [0.25, 0.3) is 0 Å². The maximum absolute atomic E-state index is 12.6. The summed E-state index contributed by atoms with van der Waals surface area (Å²) >= 11 is 0. The molecule has 0 unspecified atom stereocenters. The highest BCUT2D eigenvalue weighted by Gasteiger charge is 2.84. The number of aliphatic carboxylic acids is 2. The van der Waals surface area contributed by atoms with E-state index in [9.17, 15) is 44.7 Å². The number of ether oxygens (including phenoxy) is 3. The van der Waals surface area contributed by atoms with Gasteiger partial charge < -0.3 is 39.7 Å². The highest BCUT2D eigenvalue weighted by molar-refractivity contribution is 5.98. The first kappa shape index (κ1) is 29.4. The van der Waals surface area contributed by atoms with Gasteiger partial charge in [0.05, 0.1) is 7.11 Å². The van der Waals surface area contributed by atoms with Gasteiger partial charge in [0, 0.05) is 12.3 Å². The molecule has 2 bridgehead atoms. The first-order valence-corrected chi connectivity index (χ1v) is 11.9. The van der Waals surface area contributed by atoms with Crippen molar-refractivity contribution in [3.05, 3.63) is 48.0 Å². The average molecular weight is 537 g/mol. The number of carboxylic acid groups (broad SMARTS) is 2. The van der Waals surface area contributed by atoms with Crippen molar-refractivity contribution in [1.82, 2.24) is 0 Å². The van der Waals surface area contributed by atoms with E-state index in [0.29, 0.717) is 12.0 Å². The molecule has 2 aliphatic heterocycles. The normalized spacial score (nSPS) is 33.7. The van der Waals surface area contributed by atoms with Crippen molar-refractivity contribution in [2.24, 2.45) is 11.8 Å². The lowest BCUT2D eigenvalue weighted by molar-refractivity contribution is -0.374. The van der Waals surface area contributed by atoms with E-state index in [0.717, 1.165) is 12.7 Å². The van der Waals surface area contributed by atoms with Gasteiger partial charge in [0.1, 0.15) is 18.0 Å². The van der Waals surface area contributed by atoms with Crippen molar-refractivity contribution < 1.29 is 58.9 Å². The van der Waals surface area contributed by atoms with E-state index in [1.165, 1.54) is 6.92 Å². The number of aliphatic hydroxyl groups is 3. The van der Waals surface area contributed by atoms with Gasteiger partial charge >= 0.3 is 17.9 Å². The summed E-state index contributed by atoms with van der Waals surface area (Å²) in [6, 6.07) is 9.43. The summed E-state index contributed by atoms with van der Waals surface area (Å²) in [6.07, 6.45) is -7.22. The van der Waals surface area contributed by atoms with Crippen LogP contribution in [-0.2, 0) is 39.8 Å². The molecule has 0 spiro atoms. The van der Waals surface area contributed by atoms with Crippen LogP contribution in [0, 0.1) is 11.8 Å². The fourth-order valence-electron chi connectivity index (χ4n) is 5.60. The number of Topliss-reactive ketones (excluding diaryl/α,β-unsaturated/α-hetero) is 1. The number of methoxy groups -OCH3 is 1. The van der Waals surface area contributed by atoms with Crippen LogP contribution in [0.2, 0.25) is 0 Å². The zero-order chi connectivity index (χ0) is 28.6. The SMILES string of the molecule is C=C(CC[C@]12O[C@H](C(=O)OC)[C@@](O)(C(=O)O)[C@](C(=O)O)(O1)[C@H](O)[C@H]2O)[C@@H](C(C)=O)[C@H](C)Cc1ccccc1. The monoisotopic (exact) mass is 536 g/mol. The number of esters is 1. The molecule has 208 valence electrons. The molecule has 0 aromatic heterocycles. The molecule has 12 heteroatoms. The van der Waals surface area contributed by atoms with E-state index in [1.807, 2.05) is 37.3 Å². The fraction of sp³-hybridized carbons (Fsp3) is 0.538. The minimum atomic E-state index is -3.67. The Morgan fingerprint density at radius 2 is 1.68 bits per heavy atom. The molecule has 2 fully saturated rings. The molecule has 5 N–H and O–H groups in total. The molecule has 0 saturated carbocycles. The molecule has 12 nitrogen and oxygen atoms in total. The molecule has 1 aromatic rings. The van der Waals surface area contributed by atoms with E-state index >= 15 is 0 Å². The maximum Gasteiger partial charge on any atom is 0.343 e. The Morgan fingerprint density at radius 3 is 2.18 bits per heavy atom. The highest BCUT2D eigenvalue weighted by Crippen LogP contribution is 2.55. The number of fused-ring (bicyclic) bond motifs is 2. The first-order chi connectivity index (χ1) is 17.7. The number of ketones is 1. The van der Waals surface area contributed by atoms with Crippen molar-refractivity contribution in [2.75, 3.05) is 7.11 Å². The van der Waals surface area contributed by atoms with E-state index in [4.69, 9.17) is 9.47 Å². The Balaban J connectivity index is 1.95. The number of carboxylic acids is 2. The molecule has 0 amide bonds. The number of aliphatic hydroxyl groups excluding tert-OH is 2. The van der Waals surface area contributed by atoms with Gasteiger partial charge in [-0.25, -0.2) is 14.4 Å². The Labute approximate surface area is 218 Å². The topological polar surface area (TPSA) is 197 Å². The summed E-state index contributed by atoms with van der Waals surface area (Å²) in [7, 11) is 0.853. The number of rotatable bonds is 11. The quantitative estimate of drug-likeness (QED) is 0.189. The van der Waals surface area contributed by atoms with Gasteiger partial charge in [0.2, 0.25) is 17.3 Å². The third kappa shape index (κ3) is 4.41. The Hall–Kier alpha value is -3.16. The van der Waals surface area contributed by atoms with Gasteiger partial charge in [-0.05, 0) is 31.2 Å². The predicted octanol–water partition coefficient (Wildman–Crippen LogP) is 0.0660. The molecule has 2 saturated heterocycles. The average Bonchev–Trinajstić information content (AvgIpc) is 3.06. The van der Waals surface area contributed by atoms with Crippen LogP contribution in [0.4, 0.5) is 0 Å². The number of benzene rings is 1. The van der Waals surface area contributed by atoms with Crippen molar-refractivity contribution in [1.29, 1.82) is 0 Å². The molecule has 8 atom stereocenters. The van der Waals surface area contributed by atoms with Gasteiger partial charge in [-0.2, -0.15) is 0 Å². The largest absolute Gasteiger partial charge is 0.479 e. The van der Waals surface area contributed by atoms with Crippen molar-refractivity contribution in [3.63, 3.8) is 0 Å². The van der Waals surface area contributed by atoms with Crippen molar-refractivity contribution >= 4 is 23.7 Å². The van der Waals surface area contributed by atoms with E-state index in [1.54, 1.807) is 0 Å². The van der Waals surface area contributed by atoms with Crippen LogP contribution in [0.3, 0.4) is 0 Å². The summed E-state index contributed by atoms with van der Waals surface area (Å²) < 4.78 is 15.4. The third-order valence-corrected chi connectivity index (χ3v) is 7.46. The molecule has 3 rings (SSSR count). The predicted molar refractivity (Wildman–Crippen MR) is 128 cm³/mol. The van der Waals surface area contributed by atoms with Gasteiger partial charge in [0.15, 0.2) is 5.79 Å². The van der Waals surface area contributed by atoms with Crippen LogP contribution >= 0.6 is 0 Å². The lowest BCUT2D eigenvalue weighted by Crippen LogP contribution is -2.77. The van der Waals surface area contributed by atoms with E-state index < -0.39 is 65.5 Å². The standard InChI is InChI=1S/C26H32O12/c1-13(17(15(3)27)14(2)12-16-8-6-5-7-9-16)10-11-24-18(28)19(29)26(38-24,23(33)34)25(35,22(31)32)20(37-24)21(30)36-4/h5-9,14,17-20,28-29,35H,1,10-12H2,2-4H3,(H,31,32)(H,33,34)/t14-,17-,18-,19-,20-,24+,25-,26+/m1/s1. The van der Waals surface area contributed by atoms with Crippen LogP contribution in [0.5, 0.6) is 0 Å². The van der Waals surface area contributed by atoms with Crippen molar-refractivity contribution in [3.8, 4) is 0 Å². The minimum absolute atomic E-state index is 0.109. The number of hydrogen-bond donors (Lipinski definition) is 5. The summed E-state index contributed by atoms with van der Waals surface area (Å²) in [5.41, 5.74) is -5.69. The smallest absolute Gasteiger partial charge is 0.343 e. The van der Waals surface area contributed by atoms with Crippen LogP contribution < -0.4 is 0 Å². The van der Waals surface area contributed by atoms with Crippen molar-refractivity contribution in [2.45, 2.75) is 68.4 Å². The maximum atomic E-state index is 12.6. The molecule has 0 aliphatic carbocycles. The van der Waals surface area contributed by atoms with Crippen LogP contribution in [0.15, 0.2) is 42.5 Å². The molecule has 2 aliphatic rings. The van der Waals surface area contributed by atoms with E-state index in [-0.39, 0.29) is 18.1 Å². The highest BCUT2D eigenvalue weighted by atomic mass is 16.8. The summed E-state index contributed by atoms with van der Waals surface area (Å²) in [5.74, 6) is -9.38. The summed E-state index contributed by atoms with van der Waals surface area (Å²) in [5, 5.41) is 52.3. The molecule has 38 heavy (non-hydrogen) atoms. The number of allylic oxidation sites excluding steroid dienone is 1. The van der Waals surface area contributed by atoms with Gasteiger partial charge in [-0.1, -0.05) is 49.4 Å². The third-order valence-electron chi connectivity index (χ3n) is 7.46. The fourth-order valence-corrected chi connectivity index (χ4v) is 5.60. The molecular weight excluding hydrogens is 504 g/mol. The second kappa shape index (κ2) is 10.5. The number of hydrogen-bond acceptors (Lipinski definition) is 10. The Kier molecular flexibility index (Phi) is 8.15. The Bertz CT molecular complexity index is 1120. The molecule has 0 radical (unpaired) electrons. The number of carbonyl (C=O) groups is 4. The first-order valence-electron chi connectivity index (χ1n) is 11.9. The van der Waals surface area contributed by atoms with E-state index in [2.05, 4.69) is 11.3 Å². The van der Waals surface area contributed by atoms with Gasteiger partial charge in [-0.3, -0.25) is 4.79 Å². The summed E-state index contributed by atoms with van der Waals surface area (Å²) in [6.45, 7) is 7.26. The second-order valence-electron chi connectivity index (χ2n) is 9.85. The van der Waals surface area contributed by atoms with Gasteiger partial charge in [-0.15, -0.1) is 0 Å². The van der Waals surface area contributed by atoms with Crippen LogP contribution in [-0.4, -0.2) is 91.6 Å². The molecule has 1 aromatic carbocycles. The Morgan fingerprint density at radius 1 is 1.08 bits per heavy atom.